The van der Waals surface area contributed by atoms with Crippen molar-refractivity contribution in [3.63, 3.8) is 0 Å². The summed E-state index contributed by atoms with van der Waals surface area (Å²) >= 11 is 0. The van der Waals surface area contributed by atoms with E-state index in [9.17, 15) is 0 Å². The number of nitrogens with one attached hydrogen (secondary N) is 1. The highest BCUT2D eigenvalue weighted by atomic mass is 16.5. The van der Waals surface area contributed by atoms with Gasteiger partial charge < -0.3 is 10.1 Å². The van der Waals surface area contributed by atoms with Gasteiger partial charge in [-0.05, 0) is 36.5 Å². The van der Waals surface area contributed by atoms with Crippen LogP contribution in [0.2, 0.25) is 0 Å². The molecule has 18 heavy (non-hydrogen) atoms. The van der Waals surface area contributed by atoms with Crippen LogP contribution in [0.3, 0.4) is 0 Å². The number of anilines is 1. The second kappa shape index (κ2) is 5.21. The van der Waals surface area contributed by atoms with E-state index in [1.165, 1.54) is 43.4 Å². The first-order valence-electron chi connectivity index (χ1n) is 7.38. The van der Waals surface area contributed by atoms with Gasteiger partial charge in [0.05, 0.1) is 12.2 Å². The molecule has 98 valence electrons. The van der Waals surface area contributed by atoms with Gasteiger partial charge >= 0.3 is 0 Å². The van der Waals surface area contributed by atoms with Crippen molar-refractivity contribution in [1.82, 2.24) is 0 Å². The molecule has 1 aromatic rings. The number of hydrogen-bond acceptors (Lipinski definition) is 2. The van der Waals surface area contributed by atoms with Crippen molar-refractivity contribution in [2.75, 3.05) is 11.9 Å². The van der Waals surface area contributed by atoms with E-state index in [1.807, 2.05) is 0 Å². The Bertz CT molecular complexity index is 410. The number of rotatable bonds is 3. The van der Waals surface area contributed by atoms with Crippen LogP contribution in [0, 0.1) is 5.92 Å². The molecular weight excluding hydrogens is 222 g/mol. The van der Waals surface area contributed by atoms with Gasteiger partial charge in [-0.25, -0.2) is 0 Å². The van der Waals surface area contributed by atoms with Crippen molar-refractivity contribution < 1.29 is 4.74 Å². The summed E-state index contributed by atoms with van der Waals surface area (Å²) in [6, 6.07) is 6.53. The zero-order valence-corrected chi connectivity index (χ0v) is 11.2. The lowest BCUT2D eigenvalue weighted by Gasteiger charge is -2.29. The smallest absolute Gasteiger partial charge is 0.142 e. The van der Waals surface area contributed by atoms with Crippen molar-refractivity contribution in [3.8, 4) is 5.75 Å². The monoisotopic (exact) mass is 245 g/mol. The van der Waals surface area contributed by atoms with Crippen LogP contribution in [0.25, 0.3) is 0 Å². The fourth-order valence-corrected chi connectivity index (χ4v) is 3.23. The Hall–Kier alpha value is -1.18. The van der Waals surface area contributed by atoms with Crippen LogP contribution in [-0.4, -0.2) is 12.6 Å². The Morgan fingerprint density at radius 3 is 2.89 bits per heavy atom. The third-order valence-corrected chi connectivity index (χ3v) is 4.34. The first-order chi connectivity index (χ1) is 8.85. The minimum Gasteiger partial charge on any atom is -0.486 e. The molecule has 1 saturated carbocycles. The molecule has 0 saturated heterocycles. The average Bonchev–Trinajstić information content (AvgIpc) is 2.91. The van der Waals surface area contributed by atoms with E-state index >= 15 is 0 Å². The van der Waals surface area contributed by atoms with Crippen molar-refractivity contribution in [3.05, 3.63) is 23.8 Å². The van der Waals surface area contributed by atoms with Gasteiger partial charge in [-0.15, -0.1) is 0 Å². The molecule has 2 heteroatoms. The Balaban J connectivity index is 1.65. The van der Waals surface area contributed by atoms with Gasteiger partial charge in [0.25, 0.3) is 0 Å². The molecule has 0 amide bonds. The first-order valence-corrected chi connectivity index (χ1v) is 7.38. The molecule has 1 atom stereocenters. The maximum absolute atomic E-state index is 6.13. The van der Waals surface area contributed by atoms with Crippen LogP contribution < -0.4 is 10.1 Å². The number of aryl methyl sites for hydroxylation is 1. The minimum atomic E-state index is 0.369. The predicted molar refractivity (Wildman–Crippen MR) is 75.3 cm³/mol. The fourth-order valence-electron chi connectivity index (χ4n) is 3.23. The topological polar surface area (TPSA) is 21.3 Å². The molecule has 0 bridgehead atoms. The van der Waals surface area contributed by atoms with E-state index in [2.05, 4.69) is 30.4 Å². The Morgan fingerprint density at radius 2 is 2.11 bits per heavy atom. The zero-order valence-electron chi connectivity index (χ0n) is 11.2. The summed E-state index contributed by atoms with van der Waals surface area (Å²) in [4.78, 5) is 0. The molecule has 3 rings (SSSR count). The summed E-state index contributed by atoms with van der Waals surface area (Å²) in [6.07, 6.45) is 8.32. The van der Waals surface area contributed by atoms with Gasteiger partial charge in [0.2, 0.25) is 0 Å². The summed E-state index contributed by atoms with van der Waals surface area (Å²) in [5, 5.41) is 3.54. The lowest BCUT2D eigenvalue weighted by atomic mass is 9.99. The van der Waals surface area contributed by atoms with E-state index < -0.39 is 0 Å². The van der Waals surface area contributed by atoms with Crippen molar-refractivity contribution in [1.29, 1.82) is 0 Å². The molecule has 1 fully saturated rings. The van der Waals surface area contributed by atoms with E-state index in [0.29, 0.717) is 6.10 Å². The summed E-state index contributed by atoms with van der Waals surface area (Å²) in [6.45, 7) is 3.16. The molecule has 1 heterocycles. The molecular formula is C16H23NO. The molecule has 0 spiro atoms. The van der Waals surface area contributed by atoms with E-state index in [0.717, 1.165) is 24.6 Å². The van der Waals surface area contributed by atoms with Gasteiger partial charge in [0, 0.05) is 0 Å². The third-order valence-electron chi connectivity index (χ3n) is 4.34. The number of fused-ring (bicyclic) bond motifs is 1. The standard InChI is InChI=1S/C16H23NO/c1-2-12-7-8-16-15(10-12)17-11-14(18-16)9-13-5-3-4-6-13/h7-8,10,13-14,17H,2-6,9,11H2,1H3. The second-order valence-corrected chi connectivity index (χ2v) is 5.69. The molecule has 0 radical (unpaired) electrons. The number of ether oxygens (including phenoxy) is 1. The van der Waals surface area contributed by atoms with E-state index in [-0.39, 0.29) is 0 Å². The second-order valence-electron chi connectivity index (χ2n) is 5.69. The van der Waals surface area contributed by atoms with Gasteiger partial charge in [-0.1, -0.05) is 38.7 Å². The van der Waals surface area contributed by atoms with Crippen LogP contribution >= 0.6 is 0 Å². The lowest BCUT2D eigenvalue weighted by molar-refractivity contribution is 0.172. The highest BCUT2D eigenvalue weighted by Gasteiger charge is 2.24. The van der Waals surface area contributed by atoms with Crippen LogP contribution in [0.15, 0.2) is 18.2 Å². The summed E-state index contributed by atoms with van der Waals surface area (Å²) in [5.74, 6) is 1.94. The SMILES string of the molecule is CCc1ccc2c(c1)NCC(CC1CCCC1)O2. The van der Waals surface area contributed by atoms with Crippen LogP contribution in [0.4, 0.5) is 5.69 Å². The summed E-state index contributed by atoms with van der Waals surface area (Å²) in [5.41, 5.74) is 2.55. The maximum atomic E-state index is 6.13. The first kappa shape index (κ1) is 11.9. The Labute approximate surface area is 110 Å². The number of hydrogen-bond donors (Lipinski definition) is 1. The molecule has 0 aromatic heterocycles. The van der Waals surface area contributed by atoms with Crippen molar-refractivity contribution in [2.45, 2.75) is 51.6 Å². The van der Waals surface area contributed by atoms with Gasteiger partial charge in [-0.3, -0.25) is 0 Å². The third kappa shape index (κ3) is 2.47. The van der Waals surface area contributed by atoms with E-state index in [4.69, 9.17) is 4.74 Å². The lowest BCUT2D eigenvalue weighted by Crippen LogP contribution is -2.32. The Kier molecular flexibility index (Phi) is 3.44. The zero-order chi connectivity index (χ0) is 12.4. The predicted octanol–water partition coefficient (Wildman–Crippen LogP) is 4.00. The van der Waals surface area contributed by atoms with Gasteiger partial charge in [-0.2, -0.15) is 0 Å². The highest BCUT2D eigenvalue weighted by Crippen LogP contribution is 2.34. The number of benzene rings is 1. The fraction of sp³-hybridized carbons (Fsp3) is 0.625. The molecule has 1 aromatic carbocycles. The van der Waals surface area contributed by atoms with Crippen molar-refractivity contribution in [2.24, 2.45) is 5.92 Å². The summed E-state index contributed by atoms with van der Waals surface area (Å²) < 4.78 is 6.13. The molecule has 1 unspecified atom stereocenters. The van der Waals surface area contributed by atoms with Crippen LogP contribution in [-0.2, 0) is 6.42 Å². The minimum absolute atomic E-state index is 0.369. The van der Waals surface area contributed by atoms with Gasteiger partial charge in [0.1, 0.15) is 11.9 Å². The highest BCUT2D eigenvalue weighted by molar-refractivity contribution is 5.59. The van der Waals surface area contributed by atoms with Crippen molar-refractivity contribution >= 4 is 5.69 Å². The average molecular weight is 245 g/mol. The van der Waals surface area contributed by atoms with E-state index in [1.54, 1.807) is 0 Å². The molecule has 1 aliphatic heterocycles. The van der Waals surface area contributed by atoms with Crippen LogP contribution in [0.1, 0.15) is 44.6 Å². The Morgan fingerprint density at radius 1 is 1.28 bits per heavy atom. The largest absolute Gasteiger partial charge is 0.486 e. The molecule has 1 N–H and O–H groups in total. The summed E-state index contributed by atoms with van der Waals surface area (Å²) in [7, 11) is 0. The van der Waals surface area contributed by atoms with Gasteiger partial charge in [0.15, 0.2) is 0 Å². The molecule has 2 aliphatic rings. The normalized spacial score (nSPS) is 23.3. The molecule has 2 nitrogen and oxygen atoms in total. The molecule has 1 aliphatic carbocycles. The van der Waals surface area contributed by atoms with Crippen LogP contribution in [0.5, 0.6) is 5.75 Å². The maximum Gasteiger partial charge on any atom is 0.142 e. The quantitative estimate of drug-likeness (QED) is 0.869.